The van der Waals surface area contributed by atoms with Gasteiger partial charge in [0.25, 0.3) is 11.8 Å². The topological polar surface area (TPSA) is 226 Å². The van der Waals surface area contributed by atoms with Gasteiger partial charge in [-0.3, -0.25) is 38.8 Å². The molecule has 4 saturated heterocycles. The number of benzene rings is 10. The number of nitrogens with zero attached hydrogens (tertiary/aromatic N) is 4. The lowest BCUT2D eigenvalue weighted by Gasteiger charge is -2.31. The highest BCUT2D eigenvalue weighted by Crippen LogP contribution is 2.36. The van der Waals surface area contributed by atoms with Gasteiger partial charge in [0.15, 0.2) is 0 Å². The molecule has 16 rings (SSSR count). The second-order valence-electron chi connectivity index (χ2n) is 35.1. The number of ether oxygens (including phenoxy) is 3. The Kier molecular flexibility index (Phi) is 41.6. The molecule has 140 heavy (non-hydrogen) atoms. The average Bonchev–Trinajstić information content (AvgIpc) is 0.817. The summed E-state index contributed by atoms with van der Waals surface area (Å²) < 4.78 is 149. The SMILES string of the molecule is CC(C(=O)NCCC(c1ccc(F)cc1)c1ccc(F)cc1)N1CCOCC1.O=C(CC1CCOCC1)NCCC(c1ccc(F)cc1)c1ccc(F)cc1.O=C(NCCC(O)(c1ccc(F)cc1)c1ccc(F)cc1)c1cccnc1.O=C(NCCC(c1ccc(F)cc1)c1ccc(F)cc1)C1CCOC1.O=C(NCCC(c1ccc(F)cc1)c1ccc(F)cc1)c1ccc(CCN2CCCC2)nc1. The molecule has 12 aromatic rings. The van der Waals surface area contributed by atoms with E-state index in [2.05, 4.69) is 46.4 Å². The van der Waals surface area contributed by atoms with Crippen molar-refractivity contribution in [1.82, 2.24) is 46.4 Å². The molecule has 2 unspecified atom stereocenters. The molecule has 2 atom stereocenters. The van der Waals surface area contributed by atoms with E-state index in [1.165, 1.54) is 165 Å². The van der Waals surface area contributed by atoms with Crippen molar-refractivity contribution in [1.29, 1.82) is 0 Å². The molecule has 5 amide bonds. The number of aliphatic hydroxyl groups is 1. The standard InChI is InChI=1S/C27H29F2N3O.C22H26F2N2O2.C22H25F2NO2.C21H18F2N2O2.C20H21F2NO2/c28-23-8-3-20(4-9-23)26(21-5-10-24(29)11-6-21)13-15-30-27(33)22-7-12-25(31-19-22)14-18-32-16-1-2-17-32;1-16(26-12-14-28-15-13-26)22(27)25-11-10-21(17-2-6-19(23)7-3-17)18-4-8-20(24)9-5-18;23-19-5-1-17(2-6-19)21(18-3-7-20(24)8-4-18)9-12-25-22(26)15-16-10-13-27-14-11-16;22-18-7-3-16(4-8-18)21(27,17-5-9-19(23)10-6-17)11-13-25-20(26)15-2-1-12-24-14-15;21-17-5-1-14(2-6-17)19(15-3-7-18(22)8-4-15)9-11-23-20(24)16-10-12-25-13-16/h3-12,19,26H,1-2,13-18H2,(H,30,33);2-9,16,21H,10-15H2,1H3,(H,25,27);1-8,16,21H,9-15H2,(H,25,26);1-10,12,14,27H,11,13H2,(H,25,26);1-8,16,19H,9-13H2,(H,23,24). The summed E-state index contributed by atoms with van der Waals surface area (Å²) >= 11 is 0. The zero-order valence-corrected chi connectivity index (χ0v) is 78.3. The van der Waals surface area contributed by atoms with E-state index < -0.39 is 17.2 Å². The minimum atomic E-state index is -1.51. The maximum Gasteiger partial charge on any atom is 0.252 e. The first-order chi connectivity index (χ1) is 67.9. The number of morpholine rings is 1. The van der Waals surface area contributed by atoms with E-state index in [0.29, 0.717) is 113 Å². The molecule has 6 N–H and O–H groups in total. The Bertz CT molecular complexity index is 5530. The lowest BCUT2D eigenvalue weighted by molar-refractivity contribution is -0.127. The van der Waals surface area contributed by atoms with E-state index in [1.807, 2.05) is 19.1 Å². The molecular formula is C112H119F10N9O9. The molecule has 0 saturated carbocycles. The number of amides is 5. The van der Waals surface area contributed by atoms with Crippen molar-refractivity contribution in [3.63, 3.8) is 0 Å². The van der Waals surface area contributed by atoms with Crippen LogP contribution < -0.4 is 26.6 Å². The first-order valence-corrected chi connectivity index (χ1v) is 47.6. The number of pyridine rings is 2. The van der Waals surface area contributed by atoms with Gasteiger partial charge in [-0.15, -0.1) is 0 Å². The average molecular weight is 1930 g/mol. The fraction of sp³-hybridized carbons (Fsp3) is 0.330. The zero-order valence-electron chi connectivity index (χ0n) is 78.3. The van der Waals surface area contributed by atoms with Crippen LogP contribution in [0.15, 0.2) is 286 Å². The van der Waals surface area contributed by atoms with Gasteiger partial charge in [0.05, 0.1) is 42.9 Å². The molecule has 0 radical (unpaired) electrons. The molecule has 18 nitrogen and oxygen atoms in total. The number of hydrogen-bond acceptors (Lipinski definition) is 13. The van der Waals surface area contributed by atoms with Crippen LogP contribution in [0.2, 0.25) is 0 Å². The summed E-state index contributed by atoms with van der Waals surface area (Å²) in [5.74, 6) is -3.56. The highest BCUT2D eigenvalue weighted by molar-refractivity contribution is 5.94. The molecule has 736 valence electrons. The Morgan fingerprint density at radius 3 is 1.11 bits per heavy atom. The molecule has 6 heterocycles. The molecule has 4 aliphatic heterocycles. The van der Waals surface area contributed by atoms with Crippen LogP contribution in [-0.2, 0) is 40.6 Å². The predicted octanol–water partition coefficient (Wildman–Crippen LogP) is 19.7. The Morgan fingerprint density at radius 2 is 0.743 bits per heavy atom. The van der Waals surface area contributed by atoms with Crippen LogP contribution in [0.25, 0.3) is 0 Å². The van der Waals surface area contributed by atoms with Gasteiger partial charge in [-0.05, 0) is 285 Å². The predicted molar refractivity (Wildman–Crippen MR) is 518 cm³/mol. The van der Waals surface area contributed by atoms with Crippen LogP contribution in [0, 0.1) is 70.0 Å². The Labute approximate surface area is 811 Å². The minimum Gasteiger partial charge on any atom is -0.381 e. The van der Waals surface area contributed by atoms with Crippen molar-refractivity contribution in [2.75, 3.05) is 105 Å². The summed E-state index contributed by atoms with van der Waals surface area (Å²) in [4.78, 5) is 74.5. The third-order valence-electron chi connectivity index (χ3n) is 25.5. The van der Waals surface area contributed by atoms with E-state index in [-0.39, 0.29) is 125 Å². The molecular weight excluding hydrogens is 1810 g/mol. The van der Waals surface area contributed by atoms with E-state index >= 15 is 0 Å². The fourth-order valence-electron chi connectivity index (χ4n) is 17.4. The van der Waals surface area contributed by atoms with Crippen LogP contribution in [0.5, 0.6) is 0 Å². The minimum absolute atomic E-state index is 0.00876. The summed E-state index contributed by atoms with van der Waals surface area (Å²) in [6, 6.07) is 68.2. The molecule has 10 aromatic carbocycles. The number of halogens is 10. The number of rotatable bonds is 35. The first-order valence-electron chi connectivity index (χ1n) is 47.6. The van der Waals surface area contributed by atoms with Crippen molar-refractivity contribution in [3.8, 4) is 0 Å². The normalized spacial score (nSPS) is 14.6. The molecule has 4 aliphatic rings. The third kappa shape index (κ3) is 33.6. The smallest absolute Gasteiger partial charge is 0.252 e. The highest BCUT2D eigenvalue weighted by atomic mass is 19.2. The van der Waals surface area contributed by atoms with Gasteiger partial charge in [0.2, 0.25) is 17.7 Å². The van der Waals surface area contributed by atoms with Crippen molar-refractivity contribution in [2.45, 2.75) is 119 Å². The van der Waals surface area contributed by atoms with Crippen molar-refractivity contribution >= 4 is 29.5 Å². The number of hydrogen-bond donors (Lipinski definition) is 6. The molecule has 0 spiro atoms. The lowest BCUT2D eigenvalue weighted by atomic mass is 9.83. The molecule has 28 heteroatoms. The fourth-order valence-corrected chi connectivity index (χ4v) is 17.4. The Balaban J connectivity index is 0.000000157. The Morgan fingerprint density at radius 1 is 0.393 bits per heavy atom. The van der Waals surface area contributed by atoms with Crippen LogP contribution in [0.3, 0.4) is 0 Å². The monoisotopic (exact) mass is 1920 g/mol. The zero-order chi connectivity index (χ0) is 99.0. The summed E-state index contributed by atoms with van der Waals surface area (Å²) in [6.07, 6.45) is 13.9. The van der Waals surface area contributed by atoms with Crippen molar-refractivity contribution in [3.05, 3.63) is 416 Å². The van der Waals surface area contributed by atoms with Crippen molar-refractivity contribution < 1.29 is 87.2 Å². The molecule has 4 fully saturated rings. The van der Waals surface area contributed by atoms with E-state index in [1.54, 1.807) is 122 Å². The maximum absolute atomic E-state index is 13.4. The lowest BCUT2D eigenvalue weighted by Crippen LogP contribution is -2.49. The largest absolute Gasteiger partial charge is 0.381 e. The summed E-state index contributed by atoms with van der Waals surface area (Å²) in [5, 5.41) is 25.9. The van der Waals surface area contributed by atoms with Gasteiger partial charge in [-0.25, -0.2) is 43.9 Å². The van der Waals surface area contributed by atoms with Gasteiger partial charge in [-0.1, -0.05) is 121 Å². The first kappa shape index (κ1) is 106. The van der Waals surface area contributed by atoms with E-state index in [4.69, 9.17) is 14.2 Å². The van der Waals surface area contributed by atoms with Gasteiger partial charge < -0.3 is 50.8 Å². The number of carbonyl (C=O) groups excluding carboxylic acids is 5. The summed E-state index contributed by atoms with van der Waals surface area (Å²) in [7, 11) is 0. The van der Waals surface area contributed by atoms with Crippen LogP contribution in [0.4, 0.5) is 43.9 Å². The maximum atomic E-state index is 13.4. The second kappa shape index (κ2) is 55.0. The highest BCUT2D eigenvalue weighted by Gasteiger charge is 2.33. The molecule has 2 aromatic heterocycles. The number of nitrogens with one attached hydrogen (secondary N) is 5. The van der Waals surface area contributed by atoms with Crippen molar-refractivity contribution in [2.24, 2.45) is 11.8 Å². The van der Waals surface area contributed by atoms with E-state index in [0.717, 1.165) is 122 Å². The van der Waals surface area contributed by atoms with Gasteiger partial charge in [-0.2, -0.15) is 0 Å². The van der Waals surface area contributed by atoms with Crippen LogP contribution in [-0.4, -0.2) is 166 Å². The quantitative estimate of drug-likeness (QED) is 0.0204. The molecule has 0 aliphatic carbocycles. The summed E-state index contributed by atoms with van der Waals surface area (Å²) in [6.45, 7) is 12.7. The third-order valence-corrected chi connectivity index (χ3v) is 25.5. The van der Waals surface area contributed by atoms with E-state index in [9.17, 15) is 73.0 Å². The second-order valence-corrected chi connectivity index (χ2v) is 35.1. The molecule has 0 bridgehead atoms. The van der Waals surface area contributed by atoms with Crippen LogP contribution in [0.1, 0.15) is 183 Å². The number of carbonyl (C=O) groups is 5. The van der Waals surface area contributed by atoms with Gasteiger partial charge >= 0.3 is 0 Å². The van der Waals surface area contributed by atoms with Crippen LogP contribution >= 0.6 is 0 Å². The number of aromatic nitrogens is 2. The Hall–Kier alpha value is -13.1. The summed E-state index contributed by atoms with van der Waals surface area (Å²) in [5.41, 5.74) is 8.78. The van der Waals surface area contributed by atoms with Gasteiger partial charge in [0.1, 0.15) is 63.8 Å². The van der Waals surface area contributed by atoms with Gasteiger partial charge in [0, 0.05) is 139 Å². The number of likely N-dealkylation sites (tertiary alicyclic amines) is 1.